The van der Waals surface area contributed by atoms with Gasteiger partial charge >= 0.3 is 5.97 Å². The molecule has 0 radical (unpaired) electrons. The third-order valence-electron chi connectivity index (χ3n) is 8.53. The van der Waals surface area contributed by atoms with E-state index in [1.165, 1.54) is 16.7 Å². The summed E-state index contributed by atoms with van der Waals surface area (Å²) >= 11 is 0. The first-order valence-electron chi connectivity index (χ1n) is 12.8. The SMILES string of the molecule is CCC(=NOCc1ccccc1)c1cc2c(cc1C(C)C)CC[C@H]1[C@](C)(C(=O)O)CCC[C@]21C. The lowest BCUT2D eigenvalue weighted by molar-refractivity contribution is -0.157. The molecular weight excluding hydrogens is 422 g/mol. The zero-order chi connectivity index (χ0) is 24.5. The molecule has 2 aliphatic carbocycles. The third-order valence-corrected chi connectivity index (χ3v) is 8.53. The van der Waals surface area contributed by atoms with Gasteiger partial charge in [0.2, 0.25) is 0 Å². The van der Waals surface area contributed by atoms with Gasteiger partial charge < -0.3 is 9.94 Å². The zero-order valence-electron chi connectivity index (χ0n) is 21.4. The Morgan fingerprint density at radius 1 is 1.18 bits per heavy atom. The first-order valence-corrected chi connectivity index (χ1v) is 12.8. The van der Waals surface area contributed by atoms with Gasteiger partial charge in [-0.25, -0.2) is 0 Å². The van der Waals surface area contributed by atoms with Crippen LogP contribution in [0.2, 0.25) is 0 Å². The number of oxime groups is 1. The molecule has 0 spiro atoms. The summed E-state index contributed by atoms with van der Waals surface area (Å²) in [6.07, 6.45) is 5.42. The van der Waals surface area contributed by atoms with Crippen molar-refractivity contribution in [2.75, 3.05) is 0 Å². The highest BCUT2D eigenvalue weighted by molar-refractivity contribution is 6.02. The van der Waals surface area contributed by atoms with Gasteiger partial charge in [0.1, 0.15) is 6.61 Å². The number of rotatable bonds is 7. The van der Waals surface area contributed by atoms with Gasteiger partial charge in [-0.1, -0.05) is 75.7 Å². The quantitative estimate of drug-likeness (QED) is 0.349. The minimum absolute atomic E-state index is 0.132. The monoisotopic (exact) mass is 461 g/mol. The van der Waals surface area contributed by atoms with Gasteiger partial charge in [0, 0.05) is 5.56 Å². The van der Waals surface area contributed by atoms with E-state index in [0.29, 0.717) is 12.5 Å². The van der Waals surface area contributed by atoms with Crippen molar-refractivity contribution >= 4 is 11.7 Å². The van der Waals surface area contributed by atoms with Crippen LogP contribution in [0.15, 0.2) is 47.6 Å². The summed E-state index contributed by atoms with van der Waals surface area (Å²) in [5, 5.41) is 14.8. The van der Waals surface area contributed by atoms with Crippen molar-refractivity contribution in [1.29, 1.82) is 0 Å². The number of carboxylic acid groups (broad SMARTS) is 1. The van der Waals surface area contributed by atoms with Crippen molar-refractivity contribution < 1.29 is 14.7 Å². The molecule has 1 N–H and O–H groups in total. The Hall–Kier alpha value is -2.62. The fraction of sp³-hybridized carbons (Fsp3) is 0.533. The van der Waals surface area contributed by atoms with Crippen molar-refractivity contribution in [3.63, 3.8) is 0 Å². The molecule has 0 bridgehead atoms. The predicted octanol–water partition coefficient (Wildman–Crippen LogP) is 7.24. The maximum Gasteiger partial charge on any atom is 0.309 e. The lowest BCUT2D eigenvalue weighted by atomic mass is 9.49. The summed E-state index contributed by atoms with van der Waals surface area (Å²) < 4.78 is 0. The summed E-state index contributed by atoms with van der Waals surface area (Å²) in [7, 11) is 0. The number of fused-ring (bicyclic) bond motifs is 3. The second-order valence-electron chi connectivity index (χ2n) is 11.0. The van der Waals surface area contributed by atoms with Crippen LogP contribution in [0.5, 0.6) is 0 Å². The Balaban J connectivity index is 1.75. The number of carboxylic acids is 1. The summed E-state index contributed by atoms with van der Waals surface area (Å²) in [4.78, 5) is 18.2. The van der Waals surface area contributed by atoms with Crippen LogP contribution < -0.4 is 0 Å². The topological polar surface area (TPSA) is 58.9 Å². The van der Waals surface area contributed by atoms with Crippen LogP contribution in [0.1, 0.15) is 100 Å². The lowest BCUT2D eigenvalue weighted by Gasteiger charge is -2.53. The van der Waals surface area contributed by atoms with E-state index < -0.39 is 11.4 Å². The molecule has 2 aromatic carbocycles. The standard InChI is InChI=1S/C30H39NO3/c1-6-26(31-34-19-21-11-8-7-9-12-21)24-18-25-22(17-23(24)20(2)3)13-14-27-29(25,4)15-10-16-30(27,5)28(32)33/h7-9,11-12,17-18,20,27H,6,10,13-16,19H2,1-5H3,(H,32,33)/t27-,29-,30-/m1/s1. The molecule has 4 heteroatoms. The lowest BCUT2D eigenvalue weighted by Crippen LogP contribution is -2.52. The fourth-order valence-corrected chi connectivity index (χ4v) is 6.58. The van der Waals surface area contributed by atoms with E-state index >= 15 is 0 Å². The number of carbonyl (C=O) groups is 1. The van der Waals surface area contributed by atoms with E-state index in [0.717, 1.165) is 55.4 Å². The van der Waals surface area contributed by atoms with Crippen LogP contribution in [-0.2, 0) is 28.1 Å². The molecule has 0 heterocycles. The fourth-order valence-electron chi connectivity index (χ4n) is 6.58. The molecule has 182 valence electrons. The molecule has 1 saturated carbocycles. The number of hydrogen-bond donors (Lipinski definition) is 1. The van der Waals surface area contributed by atoms with Crippen molar-refractivity contribution in [3.05, 3.63) is 70.3 Å². The predicted molar refractivity (Wildman–Crippen MR) is 137 cm³/mol. The number of benzene rings is 2. The van der Waals surface area contributed by atoms with E-state index in [2.05, 4.69) is 45.0 Å². The first kappa shape index (κ1) is 24.5. The second-order valence-corrected chi connectivity index (χ2v) is 11.0. The smallest absolute Gasteiger partial charge is 0.309 e. The average Bonchev–Trinajstić information content (AvgIpc) is 2.81. The summed E-state index contributed by atoms with van der Waals surface area (Å²) in [6, 6.07) is 14.8. The van der Waals surface area contributed by atoms with Crippen LogP contribution in [0.4, 0.5) is 0 Å². The van der Waals surface area contributed by atoms with Gasteiger partial charge in [-0.15, -0.1) is 0 Å². The van der Waals surface area contributed by atoms with E-state index in [-0.39, 0.29) is 11.3 Å². The first-order chi connectivity index (χ1) is 16.2. The molecule has 2 aromatic rings. The Kier molecular flexibility index (Phi) is 6.89. The summed E-state index contributed by atoms with van der Waals surface area (Å²) in [5.74, 6) is -0.129. The minimum Gasteiger partial charge on any atom is -0.481 e. The Morgan fingerprint density at radius 3 is 2.56 bits per heavy atom. The largest absolute Gasteiger partial charge is 0.481 e. The maximum atomic E-state index is 12.3. The van der Waals surface area contributed by atoms with Crippen molar-refractivity contribution in [1.82, 2.24) is 0 Å². The van der Waals surface area contributed by atoms with Crippen molar-refractivity contribution in [2.24, 2.45) is 16.5 Å². The highest BCUT2D eigenvalue weighted by Crippen LogP contribution is 2.57. The highest BCUT2D eigenvalue weighted by atomic mass is 16.6. The summed E-state index contributed by atoms with van der Waals surface area (Å²) in [6.45, 7) is 11.3. The Bertz CT molecular complexity index is 1070. The van der Waals surface area contributed by atoms with Gasteiger partial charge in [-0.3, -0.25) is 4.79 Å². The molecule has 0 aromatic heterocycles. The molecule has 34 heavy (non-hydrogen) atoms. The van der Waals surface area contributed by atoms with Crippen LogP contribution >= 0.6 is 0 Å². The Labute approximate surface area is 204 Å². The molecule has 4 rings (SSSR count). The van der Waals surface area contributed by atoms with Gasteiger partial charge in [-0.05, 0) is 84.6 Å². The van der Waals surface area contributed by atoms with Gasteiger partial charge in [-0.2, -0.15) is 0 Å². The maximum absolute atomic E-state index is 12.3. The molecule has 3 atom stereocenters. The second kappa shape index (κ2) is 9.56. The van der Waals surface area contributed by atoms with E-state index in [9.17, 15) is 9.90 Å². The van der Waals surface area contributed by atoms with Crippen LogP contribution in [0.3, 0.4) is 0 Å². The van der Waals surface area contributed by atoms with Gasteiger partial charge in [0.15, 0.2) is 0 Å². The molecule has 0 aliphatic heterocycles. The third kappa shape index (κ3) is 4.28. The van der Waals surface area contributed by atoms with E-state index in [4.69, 9.17) is 4.84 Å². The normalized spacial score (nSPS) is 26.6. The molecule has 0 saturated heterocycles. The van der Waals surface area contributed by atoms with E-state index in [1.807, 2.05) is 37.3 Å². The van der Waals surface area contributed by atoms with Gasteiger partial charge in [0.25, 0.3) is 0 Å². The van der Waals surface area contributed by atoms with Crippen LogP contribution in [-0.4, -0.2) is 16.8 Å². The molecule has 0 amide bonds. The van der Waals surface area contributed by atoms with E-state index in [1.54, 1.807) is 0 Å². The zero-order valence-corrected chi connectivity index (χ0v) is 21.4. The molecule has 4 nitrogen and oxygen atoms in total. The molecule has 0 unspecified atom stereocenters. The van der Waals surface area contributed by atoms with Gasteiger partial charge in [0.05, 0.1) is 11.1 Å². The highest BCUT2D eigenvalue weighted by Gasteiger charge is 2.55. The number of nitrogens with zero attached hydrogens (tertiary/aromatic N) is 1. The van der Waals surface area contributed by atoms with Crippen molar-refractivity contribution in [2.45, 2.75) is 91.1 Å². The number of hydrogen-bond acceptors (Lipinski definition) is 3. The number of aliphatic carboxylic acids is 1. The minimum atomic E-state index is -0.665. The van der Waals surface area contributed by atoms with Crippen LogP contribution in [0.25, 0.3) is 0 Å². The Morgan fingerprint density at radius 2 is 1.91 bits per heavy atom. The molecular formula is C30H39NO3. The molecule has 2 aliphatic rings. The van der Waals surface area contributed by atoms with Crippen LogP contribution in [0, 0.1) is 11.3 Å². The average molecular weight is 462 g/mol. The number of aryl methyl sites for hydroxylation is 1. The molecule has 1 fully saturated rings. The summed E-state index contributed by atoms with van der Waals surface area (Å²) in [5.41, 5.74) is 6.46. The van der Waals surface area contributed by atoms with Crippen molar-refractivity contribution in [3.8, 4) is 0 Å².